The van der Waals surface area contributed by atoms with Crippen LogP contribution in [-0.2, 0) is 4.74 Å². The summed E-state index contributed by atoms with van der Waals surface area (Å²) in [5.41, 5.74) is 1.27. The maximum Gasteiger partial charge on any atom is 0.290 e. The fourth-order valence-electron chi connectivity index (χ4n) is 2.47. The smallest absolute Gasteiger partial charge is 0.290 e. The topological polar surface area (TPSA) is 64.4 Å². The number of ether oxygens (including phenoxy) is 1. The minimum Gasteiger partial charge on any atom is -0.371 e. The molecule has 0 aliphatic carbocycles. The molecule has 7 heteroatoms. The number of amides is 1. The predicted octanol–water partition coefficient (Wildman–Crippen LogP) is 3.04. The van der Waals surface area contributed by atoms with Gasteiger partial charge in [-0.3, -0.25) is 4.79 Å². The van der Waals surface area contributed by atoms with E-state index in [0.29, 0.717) is 24.3 Å². The minimum atomic E-state index is -0.509. The number of hydrogen-bond acceptors (Lipinski definition) is 4. The summed E-state index contributed by atoms with van der Waals surface area (Å²) in [6.07, 6.45) is 0.216. The van der Waals surface area contributed by atoms with Crippen LogP contribution in [-0.4, -0.2) is 23.7 Å². The quantitative estimate of drug-likeness (QED) is 0.942. The van der Waals surface area contributed by atoms with Crippen LogP contribution in [0.4, 0.5) is 4.39 Å². The van der Waals surface area contributed by atoms with Crippen molar-refractivity contribution in [3.05, 3.63) is 52.1 Å². The molecule has 1 saturated heterocycles. The maximum absolute atomic E-state index is 13.6. The van der Waals surface area contributed by atoms with E-state index in [0.717, 1.165) is 0 Å². The molecule has 0 spiro atoms. The highest BCUT2D eigenvalue weighted by Crippen LogP contribution is 2.31. The molecule has 1 fully saturated rings. The van der Waals surface area contributed by atoms with Crippen LogP contribution < -0.4 is 5.32 Å². The normalized spacial score (nSPS) is 21.0. The van der Waals surface area contributed by atoms with E-state index >= 15 is 0 Å². The Bertz CT molecular complexity index is 704. The number of carbonyl (C=O) groups excluding carboxylic acids is 1. The zero-order valence-electron chi connectivity index (χ0n) is 11.8. The summed E-state index contributed by atoms with van der Waals surface area (Å²) < 4.78 is 24.1. The SMILES string of the molecule is Cc1cc(C(=O)N[C@@H]2CCO[C@@H]2c2ccc(Cl)c(F)c2)on1. The Labute approximate surface area is 131 Å². The van der Waals surface area contributed by atoms with E-state index in [4.69, 9.17) is 20.9 Å². The Morgan fingerprint density at radius 1 is 1.45 bits per heavy atom. The molecule has 1 amide bonds. The third kappa shape index (κ3) is 2.98. The lowest BCUT2D eigenvalue weighted by Gasteiger charge is -2.19. The van der Waals surface area contributed by atoms with Crippen molar-refractivity contribution >= 4 is 17.5 Å². The number of halogens is 2. The number of aromatic nitrogens is 1. The van der Waals surface area contributed by atoms with Gasteiger partial charge in [0.1, 0.15) is 11.9 Å². The molecule has 0 saturated carbocycles. The fourth-order valence-corrected chi connectivity index (χ4v) is 2.58. The van der Waals surface area contributed by atoms with Crippen LogP contribution in [0.25, 0.3) is 0 Å². The van der Waals surface area contributed by atoms with Gasteiger partial charge in [-0.1, -0.05) is 22.8 Å². The summed E-state index contributed by atoms with van der Waals surface area (Å²) >= 11 is 5.69. The van der Waals surface area contributed by atoms with E-state index in [1.165, 1.54) is 12.1 Å². The monoisotopic (exact) mass is 324 g/mol. The molecule has 1 aromatic heterocycles. The third-order valence-electron chi connectivity index (χ3n) is 3.53. The number of aryl methyl sites for hydroxylation is 1. The maximum atomic E-state index is 13.6. The molecule has 1 N–H and O–H groups in total. The van der Waals surface area contributed by atoms with Gasteiger partial charge in [0.25, 0.3) is 5.91 Å². The van der Waals surface area contributed by atoms with Crippen LogP contribution in [0.2, 0.25) is 5.02 Å². The number of nitrogens with zero attached hydrogens (tertiary/aromatic N) is 1. The highest BCUT2D eigenvalue weighted by molar-refractivity contribution is 6.30. The Hall–Kier alpha value is -1.92. The molecule has 1 aliphatic rings. The lowest BCUT2D eigenvalue weighted by molar-refractivity contribution is 0.0794. The van der Waals surface area contributed by atoms with Gasteiger partial charge < -0.3 is 14.6 Å². The molecule has 2 aromatic rings. The molecule has 2 heterocycles. The van der Waals surface area contributed by atoms with E-state index in [9.17, 15) is 9.18 Å². The molecule has 1 aromatic carbocycles. The highest BCUT2D eigenvalue weighted by Gasteiger charge is 2.32. The van der Waals surface area contributed by atoms with Crippen molar-refractivity contribution in [2.45, 2.75) is 25.5 Å². The van der Waals surface area contributed by atoms with E-state index in [1.54, 1.807) is 19.1 Å². The van der Waals surface area contributed by atoms with Crippen molar-refractivity contribution in [3.8, 4) is 0 Å². The van der Waals surface area contributed by atoms with Gasteiger partial charge >= 0.3 is 0 Å². The number of rotatable bonds is 3. The number of nitrogens with one attached hydrogen (secondary N) is 1. The molecule has 0 bridgehead atoms. The van der Waals surface area contributed by atoms with Crippen molar-refractivity contribution in [1.82, 2.24) is 10.5 Å². The van der Waals surface area contributed by atoms with Gasteiger partial charge in [0.15, 0.2) is 0 Å². The van der Waals surface area contributed by atoms with Gasteiger partial charge in [0, 0.05) is 12.7 Å². The molecule has 22 heavy (non-hydrogen) atoms. The Kier molecular flexibility index (Phi) is 4.13. The van der Waals surface area contributed by atoms with Gasteiger partial charge in [0.05, 0.1) is 16.8 Å². The lowest BCUT2D eigenvalue weighted by Crippen LogP contribution is -2.36. The highest BCUT2D eigenvalue weighted by atomic mass is 35.5. The van der Waals surface area contributed by atoms with Crippen LogP contribution in [0.3, 0.4) is 0 Å². The Morgan fingerprint density at radius 2 is 2.27 bits per heavy atom. The zero-order valence-corrected chi connectivity index (χ0v) is 12.6. The fraction of sp³-hybridized carbons (Fsp3) is 0.333. The summed E-state index contributed by atoms with van der Waals surface area (Å²) in [6.45, 7) is 2.22. The van der Waals surface area contributed by atoms with Crippen molar-refractivity contribution in [3.63, 3.8) is 0 Å². The standard InChI is InChI=1S/C15H14ClFN2O3/c1-8-6-13(22-19-8)15(20)18-12-4-5-21-14(12)9-2-3-10(16)11(17)7-9/h2-3,6-7,12,14H,4-5H2,1H3,(H,18,20)/t12-,14-/m1/s1. The lowest BCUT2D eigenvalue weighted by atomic mass is 10.0. The minimum absolute atomic E-state index is 0.0551. The molecular weight excluding hydrogens is 311 g/mol. The first kappa shape index (κ1) is 15.0. The van der Waals surface area contributed by atoms with Crippen molar-refractivity contribution in [2.75, 3.05) is 6.61 Å². The Balaban J connectivity index is 1.75. The van der Waals surface area contributed by atoms with Gasteiger partial charge in [-0.05, 0) is 31.0 Å². The first-order valence-electron chi connectivity index (χ1n) is 6.85. The molecule has 0 radical (unpaired) electrons. The molecular formula is C15H14ClFN2O3. The van der Waals surface area contributed by atoms with Gasteiger partial charge in [-0.25, -0.2) is 4.39 Å². The number of hydrogen-bond donors (Lipinski definition) is 1. The van der Waals surface area contributed by atoms with Crippen molar-refractivity contribution < 1.29 is 18.4 Å². The summed E-state index contributed by atoms with van der Waals surface area (Å²) in [7, 11) is 0. The predicted molar refractivity (Wildman–Crippen MR) is 77.2 cm³/mol. The van der Waals surface area contributed by atoms with Crippen LogP contribution >= 0.6 is 11.6 Å². The summed E-state index contributed by atoms with van der Waals surface area (Å²) in [6, 6.07) is 5.79. The molecule has 0 unspecified atom stereocenters. The second-order valence-electron chi connectivity index (χ2n) is 5.17. The van der Waals surface area contributed by atoms with E-state index in [2.05, 4.69) is 10.5 Å². The van der Waals surface area contributed by atoms with E-state index < -0.39 is 11.9 Å². The van der Waals surface area contributed by atoms with Crippen LogP contribution in [0, 0.1) is 12.7 Å². The van der Waals surface area contributed by atoms with Gasteiger partial charge in [-0.2, -0.15) is 0 Å². The first-order valence-corrected chi connectivity index (χ1v) is 7.23. The summed E-state index contributed by atoms with van der Waals surface area (Å²) in [5.74, 6) is -0.730. The van der Waals surface area contributed by atoms with Crippen molar-refractivity contribution in [2.24, 2.45) is 0 Å². The van der Waals surface area contributed by atoms with Crippen LogP contribution in [0.5, 0.6) is 0 Å². The van der Waals surface area contributed by atoms with Crippen LogP contribution in [0.15, 0.2) is 28.8 Å². The molecule has 3 rings (SSSR count). The summed E-state index contributed by atoms with van der Waals surface area (Å²) in [5, 5.41) is 6.57. The van der Waals surface area contributed by atoms with E-state index in [1.807, 2.05) is 0 Å². The van der Waals surface area contributed by atoms with Crippen LogP contribution in [0.1, 0.15) is 34.3 Å². The number of carbonyl (C=O) groups is 1. The molecule has 2 atom stereocenters. The summed E-state index contributed by atoms with van der Waals surface area (Å²) in [4.78, 5) is 12.1. The molecule has 1 aliphatic heterocycles. The number of benzene rings is 1. The van der Waals surface area contributed by atoms with Crippen molar-refractivity contribution in [1.29, 1.82) is 0 Å². The van der Waals surface area contributed by atoms with Gasteiger partial charge in [-0.15, -0.1) is 0 Å². The average molecular weight is 325 g/mol. The average Bonchev–Trinajstić information content (AvgIpc) is 3.11. The second kappa shape index (κ2) is 6.06. The largest absolute Gasteiger partial charge is 0.371 e. The zero-order chi connectivity index (χ0) is 15.7. The molecule has 116 valence electrons. The van der Waals surface area contributed by atoms with Gasteiger partial charge in [0.2, 0.25) is 5.76 Å². The molecule has 5 nitrogen and oxygen atoms in total. The first-order chi connectivity index (χ1) is 10.5. The van der Waals surface area contributed by atoms with E-state index in [-0.39, 0.29) is 22.7 Å². The Morgan fingerprint density at radius 3 is 2.95 bits per heavy atom. The second-order valence-corrected chi connectivity index (χ2v) is 5.57. The third-order valence-corrected chi connectivity index (χ3v) is 3.84.